The zero-order valence-electron chi connectivity index (χ0n) is 10.0. The molecule has 0 saturated carbocycles. The Morgan fingerprint density at radius 2 is 1.14 bits per heavy atom. The minimum atomic E-state index is 0.447. The van der Waals surface area contributed by atoms with Gasteiger partial charge in [0.05, 0.1) is 0 Å². The molecular weight excluding hydrogens is 192 g/mol. The van der Waals surface area contributed by atoms with Crippen molar-refractivity contribution in [3.05, 3.63) is 0 Å². The average molecular weight is 219 g/mol. The van der Waals surface area contributed by atoms with Gasteiger partial charge in [0, 0.05) is 5.38 Å². The molecule has 0 saturated heterocycles. The minimum absolute atomic E-state index is 0.447. The molecule has 0 aromatic carbocycles. The van der Waals surface area contributed by atoms with E-state index < -0.39 is 0 Å². The third-order valence-corrected chi connectivity index (χ3v) is 3.18. The largest absolute Gasteiger partial charge is 0.123 e. The van der Waals surface area contributed by atoms with Crippen LogP contribution in [0.25, 0.3) is 0 Å². The maximum absolute atomic E-state index is 6.23. The molecule has 0 aromatic rings. The van der Waals surface area contributed by atoms with E-state index in [4.69, 9.17) is 11.6 Å². The number of hydrogen-bond donors (Lipinski definition) is 0. The SMILES string of the molecule is CCCCCCCC(Cl)CCCCC. The van der Waals surface area contributed by atoms with Crippen LogP contribution in [0.4, 0.5) is 0 Å². The van der Waals surface area contributed by atoms with Gasteiger partial charge in [-0.15, -0.1) is 11.6 Å². The second kappa shape index (κ2) is 11.4. The fraction of sp³-hybridized carbons (Fsp3) is 1.00. The fourth-order valence-electron chi connectivity index (χ4n) is 1.73. The molecule has 0 nitrogen and oxygen atoms in total. The van der Waals surface area contributed by atoms with Gasteiger partial charge in [-0.3, -0.25) is 0 Å². The number of halogens is 1. The molecule has 0 bridgehead atoms. The Morgan fingerprint density at radius 3 is 1.71 bits per heavy atom. The van der Waals surface area contributed by atoms with Gasteiger partial charge >= 0.3 is 0 Å². The molecule has 1 unspecified atom stereocenters. The third kappa shape index (κ3) is 10.4. The molecule has 0 heterocycles. The molecule has 14 heavy (non-hydrogen) atoms. The highest BCUT2D eigenvalue weighted by molar-refractivity contribution is 6.20. The molecule has 0 aromatic heterocycles. The normalized spacial score (nSPS) is 13.1. The molecule has 0 N–H and O–H groups in total. The van der Waals surface area contributed by atoms with Crippen LogP contribution >= 0.6 is 11.6 Å². The van der Waals surface area contributed by atoms with Gasteiger partial charge in [-0.05, 0) is 12.8 Å². The lowest BCUT2D eigenvalue weighted by Crippen LogP contribution is -1.98. The summed E-state index contributed by atoms with van der Waals surface area (Å²) in [7, 11) is 0. The van der Waals surface area contributed by atoms with Crippen LogP contribution in [0.5, 0.6) is 0 Å². The van der Waals surface area contributed by atoms with E-state index in [1.807, 2.05) is 0 Å². The summed E-state index contributed by atoms with van der Waals surface area (Å²) in [5.74, 6) is 0. The lowest BCUT2D eigenvalue weighted by molar-refractivity contribution is 0.559. The van der Waals surface area contributed by atoms with E-state index in [0.717, 1.165) is 0 Å². The highest BCUT2D eigenvalue weighted by atomic mass is 35.5. The Hall–Kier alpha value is 0.290. The first kappa shape index (κ1) is 14.3. The van der Waals surface area contributed by atoms with Crippen LogP contribution in [0.15, 0.2) is 0 Å². The summed E-state index contributed by atoms with van der Waals surface area (Å²) in [6.07, 6.45) is 13.3. The molecule has 86 valence electrons. The highest BCUT2D eigenvalue weighted by Crippen LogP contribution is 2.16. The van der Waals surface area contributed by atoms with Crippen molar-refractivity contribution >= 4 is 11.6 Å². The molecule has 0 spiro atoms. The van der Waals surface area contributed by atoms with Gasteiger partial charge in [0.15, 0.2) is 0 Å². The Kier molecular flexibility index (Phi) is 11.6. The number of hydrogen-bond acceptors (Lipinski definition) is 0. The number of alkyl halides is 1. The van der Waals surface area contributed by atoms with Gasteiger partial charge in [0.1, 0.15) is 0 Å². The van der Waals surface area contributed by atoms with Crippen molar-refractivity contribution in [1.82, 2.24) is 0 Å². The Labute approximate surface area is 95.4 Å². The van der Waals surface area contributed by atoms with Gasteiger partial charge in [-0.1, -0.05) is 65.2 Å². The molecular formula is C13H27Cl. The van der Waals surface area contributed by atoms with Crippen molar-refractivity contribution in [3.8, 4) is 0 Å². The van der Waals surface area contributed by atoms with Crippen LogP contribution in [-0.4, -0.2) is 5.38 Å². The summed E-state index contributed by atoms with van der Waals surface area (Å²) >= 11 is 6.23. The second-order valence-corrected chi connectivity index (χ2v) is 4.91. The molecule has 0 radical (unpaired) electrons. The first-order valence-corrected chi connectivity index (χ1v) is 6.89. The maximum Gasteiger partial charge on any atom is 0.0336 e. The summed E-state index contributed by atoms with van der Waals surface area (Å²) in [6, 6.07) is 0. The molecule has 0 aliphatic rings. The van der Waals surface area contributed by atoms with E-state index in [1.54, 1.807) is 0 Å². The summed E-state index contributed by atoms with van der Waals surface area (Å²) in [4.78, 5) is 0. The van der Waals surface area contributed by atoms with Gasteiger partial charge in [-0.25, -0.2) is 0 Å². The average Bonchev–Trinajstić information content (AvgIpc) is 2.18. The zero-order valence-corrected chi connectivity index (χ0v) is 10.8. The van der Waals surface area contributed by atoms with E-state index >= 15 is 0 Å². The summed E-state index contributed by atoms with van der Waals surface area (Å²) in [5, 5.41) is 0.447. The van der Waals surface area contributed by atoms with Crippen LogP contribution in [0, 0.1) is 0 Å². The van der Waals surface area contributed by atoms with Crippen molar-refractivity contribution in [2.24, 2.45) is 0 Å². The first-order chi connectivity index (χ1) is 6.81. The van der Waals surface area contributed by atoms with Crippen molar-refractivity contribution in [1.29, 1.82) is 0 Å². The van der Waals surface area contributed by atoms with Crippen molar-refractivity contribution < 1.29 is 0 Å². The predicted octanol–water partition coefficient (Wildman–Crippen LogP) is 5.53. The summed E-state index contributed by atoms with van der Waals surface area (Å²) in [6.45, 7) is 4.50. The topological polar surface area (TPSA) is 0 Å². The quantitative estimate of drug-likeness (QED) is 0.334. The predicted molar refractivity (Wildman–Crippen MR) is 67.2 cm³/mol. The van der Waals surface area contributed by atoms with Gasteiger partial charge in [0.2, 0.25) is 0 Å². The van der Waals surface area contributed by atoms with Crippen LogP contribution < -0.4 is 0 Å². The molecule has 0 rings (SSSR count). The van der Waals surface area contributed by atoms with Crippen molar-refractivity contribution in [3.63, 3.8) is 0 Å². The van der Waals surface area contributed by atoms with Crippen molar-refractivity contribution in [2.75, 3.05) is 0 Å². The number of unbranched alkanes of at least 4 members (excludes halogenated alkanes) is 6. The zero-order chi connectivity index (χ0) is 10.6. The van der Waals surface area contributed by atoms with Crippen LogP contribution in [0.1, 0.15) is 78.1 Å². The molecule has 1 heteroatoms. The molecule has 0 aliphatic carbocycles. The molecule has 0 aliphatic heterocycles. The smallest absolute Gasteiger partial charge is 0.0336 e. The van der Waals surface area contributed by atoms with Crippen LogP contribution in [-0.2, 0) is 0 Å². The first-order valence-electron chi connectivity index (χ1n) is 6.45. The van der Waals surface area contributed by atoms with Gasteiger partial charge < -0.3 is 0 Å². The second-order valence-electron chi connectivity index (χ2n) is 4.30. The fourth-order valence-corrected chi connectivity index (χ4v) is 2.04. The molecule has 1 atom stereocenters. The Balaban J connectivity index is 3.06. The van der Waals surface area contributed by atoms with Crippen molar-refractivity contribution in [2.45, 2.75) is 83.4 Å². The van der Waals surface area contributed by atoms with Gasteiger partial charge in [0.25, 0.3) is 0 Å². The third-order valence-electron chi connectivity index (χ3n) is 2.74. The highest BCUT2D eigenvalue weighted by Gasteiger charge is 2.03. The van der Waals surface area contributed by atoms with E-state index in [1.165, 1.54) is 64.2 Å². The molecule has 0 amide bonds. The summed E-state index contributed by atoms with van der Waals surface area (Å²) in [5.41, 5.74) is 0. The summed E-state index contributed by atoms with van der Waals surface area (Å²) < 4.78 is 0. The Bertz CT molecular complexity index is 101. The van der Waals surface area contributed by atoms with E-state index in [-0.39, 0.29) is 0 Å². The lowest BCUT2D eigenvalue weighted by Gasteiger charge is -2.08. The minimum Gasteiger partial charge on any atom is -0.123 e. The Morgan fingerprint density at radius 1 is 0.714 bits per heavy atom. The monoisotopic (exact) mass is 218 g/mol. The van der Waals surface area contributed by atoms with E-state index in [0.29, 0.717) is 5.38 Å². The maximum atomic E-state index is 6.23. The van der Waals surface area contributed by atoms with Crippen LogP contribution in [0.3, 0.4) is 0 Å². The standard InChI is InChI=1S/C13H27Cl/c1-3-5-7-8-10-12-13(14)11-9-6-4-2/h13H,3-12H2,1-2H3. The van der Waals surface area contributed by atoms with E-state index in [2.05, 4.69) is 13.8 Å². The molecule has 0 fully saturated rings. The number of rotatable bonds is 10. The van der Waals surface area contributed by atoms with Crippen LogP contribution in [0.2, 0.25) is 0 Å². The van der Waals surface area contributed by atoms with E-state index in [9.17, 15) is 0 Å². The lowest BCUT2D eigenvalue weighted by atomic mass is 10.1. The van der Waals surface area contributed by atoms with Gasteiger partial charge in [-0.2, -0.15) is 0 Å².